The molecule has 1 N–H and O–H groups in total. The van der Waals surface area contributed by atoms with Gasteiger partial charge in [0.25, 0.3) is 0 Å². The fraction of sp³-hybridized carbons (Fsp3) is 0.833. The molecule has 1 fully saturated rings. The van der Waals surface area contributed by atoms with E-state index >= 15 is 0 Å². The number of rotatable bonds is 7. The zero-order valence-corrected chi connectivity index (χ0v) is 12.4. The number of carboxylic acid groups (broad SMARTS) is 1. The minimum atomic E-state index is -3.42. The Labute approximate surface area is 118 Å². The molecule has 0 saturated carbocycles. The molecule has 0 bridgehead atoms. The van der Waals surface area contributed by atoms with Crippen LogP contribution in [0.3, 0.4) is 0 Å². The molecule has 0 radical (unpaired) electrons. The number of aliphatic carboxylic acids is 1. The molecule has 0 spiro atoms. The summed E-state index contributed by atoms with van der Waals surface area (Å²) in [6, 6.07) is 0. The summed E-state index contributed by atoms with van der Waals surface area (Å²) in [4.78, 5) is 21.9. The summed E-state index contributed by atoms with van der Waals surface area (Å²) in [6.45, 7) is 2.64. The Morgan fingerprint density at radius 2 is 1.90 bits per heavy atom. The third-order valence-electron chi connectivity index (χ3n) is 3.26. The molecule has 0 aromatic carbocycles. The van der Waals surface area contributed by atoms with Gasteiger partial charge < -0.3 is 9.84 Å². The molecule has 7 nitrogen and oxygen atoms in total. The first kappa shape index (κ1) is 16.9. The number of esters is 1. The summed E-state index contributed by atoms with van der Waals surface area (Å²) in [5.74, 6) is -1.67. The quantitative estimate of drug-likeness (QED) is 0.686. The first-order valence-electron chi connectivity index (χ1n) is 6.73. The molecule has 116 valence electrons. The van der Waals surface area contributed by atoms with E-state index in [1.54, 1.807) is 6.92 Å². The van der Waals surface area contributed by atoms with Crippen molar-refractivity contribution >= 4 is 22.0 Å². The van der Waals surface area contributed by atoms with Crippen LogP contribution in [0.25, 0.3) is 0 Å². The van der Waals surface area contributed by atoms with Gasteiger partial charge in [-0.1, -0.05) is 0 Å². The molecule has 8 heteroatoms. The number of hydrogen-bond donors (Lipinski definition) is 1. The fourth-order valence-electron chi connectivity index (χ4n) is 2.16. The molecule has 20 heavy (non-hydrogen) atoms. The highest BCUT2D eigenvalue weighted by atomic mass is 32.2. The van der Waals surface area contributed by atoms with Crippen LogP contribution >= 0.6 is 0 Å². The molecule has 1 heterocycles. The highest BCUT2D eigenvalue weighted by Crippen LogP contribution is 2.21. The van der Waals surface area contributed by atoms with E-state index in [4.69, 9.17) is 9.84 Å². The minimum Gasteiger partial charge on any atom is -0.481 e. The van der Waals surface area contributed by atoms with Gasteiger partial charge in [-0.05, 0) is 26.2 Å². The smallest absolute Gasteiger partial charge is 0.309 e. The van der Waals surface area contributed by atoms with Gasteiger partial charge in [0, 0.05) is 19.5 Å². The average molecular weight is 307 g/mol. The predicted octanol–water partition coefficient (Wildman–Crippen LogP) is 0.456. The van der Waals surface area contributed by atoms with Crippen LogP contribution in [0.1, 0.15) is 32.6 Å². The maximum absolute atomic E-state index is 12.0. The van der Waals surface area contributed by atoms with Gasteiger partial charge in [-0.3, -0.25) is 9.59 Å². The molecule has 1 saturated heterocycles. The van der Waals surface area contributed by atoms with Gasteiger partial charge in [0.1, 0.15) is 0 Å². The summed E-state index contributed by atoms with van der Waals surface area (Å²) in [6.07, 6.45) is 0.863. The molecular weight excluding hydrogens is 286 g/mol. The summed E-state index contributed by atoms with van der Waals surface area (Å²) in [5, 5.41) is 8.51. The Morgan fingerprint density at radius 3 is 2.40 bits per heavy atom. The van der Waals surface area contributed by atoms with Crippen LogP contribution in [0.4, 0.5) is 0 Å². The number of sulfonamides is 1. The zero-order valence-electron chi connectivity index (χ0n) is 11.6. The predicted molar refractivity (Wildman–Crippen MR) is 71.6 cm³/mol. The van der Waals surface area contributed by atoms with Crippen LogP contribution in [0.5, 0.6) is 0 Å². The Morgan fingerprint density at radius 1 is 1.30 bits per heavy atom. The maximum Gasteiger partial charge on any atom is 0.309 e. The second-order valence-corrected chi connectivity index (χ2v) is 6.83. The first-order chi connectivity index (χ1) is 9.36. The van der Waals surface area contributed by atoms with E-state index in [2.05, 4.69) is 0 Å². The van der Waals surface area contributed by atoms with Crippen molar-refractivity contribution in [2.75, 3.05) is 25.4 Å². The second kappa shape index (κ2) is 7.58. The van der Waals surface area contributed by atoms with Crippen molar-refractivity contribution in [3.8, 4) is 0 Å². The second-order valence-electron chi connectivity index (χ2n) is 4.74. The summed E-state index contributed by atoms with van der Waals surface area (Å²) in [7, 11) is -3.42. The molecule has 1 aliphatic heterocycles. The van der Waals surface area contributed by atoms with Crippen molar-refractivity contribution in [3.05, 3.63) is 0 Å². The van der Waals surface area contributed by atoms with Crippen LogP contribution in [-0.2, 0) is 24.3 Å². The molecular formula is C12H21NO6S. The van der Waals surface area contributed by atoms with Gasteiger partial charge in [0.15, 0.2) is 0 Å². The number of hydrogen-bond acceptors (Lipinski definition) is 5. The van der Waals surface area contributed by atoms with Crippen molar-refractivity contribution in [2.45, 2.75) is 32.6 Å². The molecule has 0 aromatic heterocycles. The van der Waals surface area contributed by atoms with Crippen molar-refractivity contribution in [1.29, 1.82) is 0 Å². The summed E-state index contributed by atoms with van der Waals surface area (Å²) in [5.41, 5.74) is 0. The lowest BCUT2D eigenvalue weighted by atomic mass is 9.98. The summed E-state index contributed by atoms with van der Waals surface area (Å²) < 4.78 is 30.2. The molecule has 0 atom stereocenters. The Balaban J connectivity index is 2.43. The Kier molecular flexibility index (Phi) is 6.41. The van der Waals surface area contributed by atoms with E-state index in [1.807, 2.05) is 0 Å². The van der Waals surface area contributed by atoms with E-state index in [9.17, 15) is 18.0 Å². The normalized spacial score (nSPS) is 17.9. The molecule has 0 aromatic rings. The van der Waals surface area contributed by atoms with Gasteiger partial charge in [0.05, 0.1) is 18.3 Å². The van der Waals surface area contributed by atoms with Gasteiger partial charge in [-0.2, -0.15) is 0 Å². The van der Waals surface area contributed by atoms with Gasteiger partial charge >= 0.3 is 11.9 Å². The number of ether oxygens (including phenoxy) is 1. The highest BCUT2D eigenvalue weighted by molar-refractivity contribution is 7.89. The third-order valence-corrected chi connectivity index (χ3v) is 5.22. The van der Waals surface area contributed by atoms with Crippen LogP contribution in [0.2, 0.25) is 0 Å². The monoisotopic (exact) mass is 307 g/mol. The van der Waals surface area contributed by atoms with E-state index in [0.29, 0.717) is 32.5 Å². The number of nitrogens with zero attached hydrogens (tertiary/aromatic N) is 1. The number of carboxylic acids is 1. The lowest BCUT2D eigenvalue weighted by Crippen LogP contribution is -2.41. The van der Waals surface area contributed by atoms with Gasteiger partial charge in [-0.25, -0.2) is 12.7 Å². The van der Waals surface area contributed by atoms with E-state index < -0.39 is 16.0 Å². The molecule has 0 unspecified atom stereocenters. The van der Waals surface area contributed by atoms with Crippen molar-refractivity contribution in [2.24, 2.45) is 5.92 Å². The Hall–Kier alpha value is -1.15. The molecule has 1 aliphatic rings. The maximum atomic E-state index is 12.0. The fourth-order valence-corrected chi connectivity index (χ4v) is 3.70. The van der Waals surface area contributed by atoms with E-state index in [-0.39, 0.29) is 30.5 Å². The van der Waals surface area contributed by atoms with Gasteiger partial charge in [-0.15, -0.1) is 0 Å². The van der Waals surface area contributed by atoms with Crippen molar-refractivity contribution in [1.82, 2.24) is 4.31 Å². The number of carbonyl (C=O) groups is 2. The van der Waals surface area contributed by atoms with E-state index in [0.717, 1.165) is 0 Å². The van der Waals surface area contributed by atoms with Crippen LogP contribution in [0.15, 0.2) is 0 Å². The van der Waals surface area contributed by atoms with Crippen LogP contribution in [0, 0.1) is 5.92 Å². The van der Waals surface area contributed by atoms with Gasteiger partial charge in [0.2, 0.25) is 10.0 Å². The lowest BCUT2D eigenvalue weighted by molar-refractivity contribution is -0.149. The first-order valence-corrected chi connectivity index (χ1v) is 8.34. The topological polar surface area (TPSA) is 101 Å². The zero-order chi connectivity index (χ0) is 15.2. The molecule has 1 rings (SSSR count). The SMILES string of the molecule is CCOC(=O)C1CCN(S(=O)(=O)CCCC(=O)O)CC1. The average Bonchev–Trinajstić information content (AvgIpc) is 2.38. The minimum absolute atomic E-state index is 0.107. The van der Waals surface area contributed by atoms with Crippen LogP contribution in [-0.4, -0.2) is 55.2 Å². The van der Waals surface area contributed by atoms with Crippen molar-refractivity contribution in [3.63, 3.8) is 0 Å². The molecule has 0 aliphatic carbocycles. The van der Waals surface area contributed by atoms with E-state index in [1.165, 1.54) is 4.31 Å². The molecule has 0 amide bonds. The number of carbonyl (C=O) groups excluding carboxylic acids is 1. The standard InChI is InChI=1S/C12H21NO6S/c1-2-19-12(16)10-5-7-13(8-6-10)20(17,18)9-3-4-11(14)15/h10H,2-9H2,1H3,(H,14,15). The largest absolute Gasteiger partial charge is 0.481 e. The number of piperidine rings is 1. The van der Waals surface area contributed by atoms with Crippen molar-refractivity contribution < 1.29 is 27.9 Å². The lowest BCUT2D eigenvalue weighted by Gasteiger charge is -2.30. The highest BCUT2D eigenvalue weighted by Gasteiger charge is 2.31. The Bertz CT molecular complexity index is 439. The van der Waals surface area contributed by atoms with Crippen LogP contribution < -0.4 is 0 Å². The summed E-state index contributed by atoms with van der Waals surface area (Å²) >= 11 is 0. The third kappa shape index (κ3) is 5.09.